The molecular weight excluding hydrogens is 242 g/mol. The van der Waals surface area contributed by atoms with Crippen LogP contribution in [0.3, 0.4) is 0 Å². The summed E-state index contributed by atoms with van der Waals surface area (Å²) in [6, 6.07) is 2.50. The van der Waals surface area contributed by atoms with Crippen molar-refractivity contribution in [2.24, 2.45) is 5.92 Å². The molecule has 1 aromatic heterocycles. The molecule has 0 spiro atoms. The zero-order valence-electron chi connectivity index (χ0n) is 9.01. The fourth-order valence-corrected chi connectivity index (χ4v) is 1.66. The topological polar surface area (TPSA) is 25.2 Å². The molecule has 0 saturated heterocycles. The predicted octanol–water partition coefficient (Wildman–Crippen LogP) is 3.22. The third-order valence-corrected chi connectivity index (χ3v) is 2.81. The Morgan fingerprint density at radius 2 is 2.14 bits per heavy atom. The van der Waals surface area contributed by atoms with Crippen molar-refractivity contribution in [3.05, 3.63) is 22.6 Å². The van der Waals surface area contributed by atoms with Crippen LogP contribution < -0.4 is 5.32 Å². The molecule has 14 heavy (non-hydrogen) atoms. The molecule has 0 radical (unpaired) electrons. The lowest BCUT2D eigenvalue weighted by molar-refractivity contribution is 0.423. The Labute approximate surface area is 94.2 Å². The molecule has 0 saturated carbocycles. The summed E-state index contributed by atoms with van der Waals surface area (Å²) in [4.78, 5) is 0. The smallest absolute Gasteiger partial charge is 0.118 e. The van der Waals surface area contributed by atoms with Crippen molar-refractivity contribution in [3.63, 3.8) is 0 Å². The molecule has 80 valence electrons. The highest BCUT2D eigenvalue weighted by Crippen LogP contribution is 2.20. The third kappa shape index (κ3) is 3.84. The van der Waals surface area contributed by atoms with E-state index in [4.69, 9.17) is 4.42 Å². The van der Waals surface area contributed by atoms with Crippen LogP contribution in [0.25, 0.3) is 0 Å². The molecule has 0 amide bonds. The van der Waals surface area contributed by atoms with E-state index >= 15 is 0 Å². The lowest BCUT2D eigenvalue weighted by Gasteiger charge is -2.13. The Kier molecular flexibility index (Phi) is 4.69. The summed E-state index contributed by atoms with van der Waals surface area (Å²) in [6.45, 7) is 7.58. The lowest BCUT2D eigenvalue weighted by atomic mass is 10.1. The monoisotopic (exact) mass is 259 g/mol. The molecule has 3 heteroatoms. The first-order chi connectivity index (χ1) is 6.59. The van der Waals surface area contributed by atoms with E-state index in [2.05, 4.69) is 42.0 Å². The molecule has 1 N–H and O–H groups in total. The van der Waals surface area contributed by atoms with Gasteiger partial charge in [-0.15, -0.1) is 0 Å². The molecule has 1 aromatic rings. The number of rotatable bonds is 5. The minimum Gasteiger partial charge on any atom is -0.468 e. The fraction of sp³-hybridized carbons (Fsp3) is 0.636. The van der Waals surface area contributed by atoms with Crippen LogP contribution in [0.1, 0.15) is 26.5 Å². The zero-order chi connectivity index (χ0) is 10.6. The van der Waals surface area contributed by atoms with E-state index in [0.29, 0.717) is 12.0 Å². The van der Waals surface area contributed by atoms with Gasteiger partial charge in [-0.2, -0.15) is 0 Å². The van der Waals surface area contributed by atoms with E-state index in [1.807, 2.05) is 6.07 Å². The Bertz CT molecular complexity index is 270. The second kappa shape index (κ2) is 5.56. The van der Waals surface area contributed by atoms with Crippen LogP contribution in [0.15, 0.2) is 21.2 Å². The second-order valence-corrected chi connectivity index (χ2v) is 4.92. The molecular formula is C11H18BrNO. The summed E-state index contributed by atoms with van der Waals surface area (Å²) in [5.41, 5.74) is 0. The summed E-state index contributed by atoms with van der Waals surface area (Å²) < 4.78 is 6.44. The zero-order valence-corrected chi connectivity index (χ0v) is 10.6. The van der Waals surface area contributed by atoms with Crippen LogP contribution >= 0.6 is 15.9 Å². The van der Waals surface area contributed by atoms with Gasteiger partial charge in [-0.3, -0.25) is 0 Å². The number of halogens is 1. The molecule has 1 atom stereocenters. The molecule has 1 rings (SSSR count). The van der Waals surface area contributed by atoms with Gasteiger partial charge >= 0.3 is 0 Å². The highest BCUT2D eigenvalue weighted by molar-refractivity contribution is 9.10. The van der Waals surface area contributed by atoms with Crippen molar-refractivity contribution in [2.75, 3.05) is 6.54 Å². The number of furan rings is 1. The van der Waals surface area contributed by atoms with E-state index in [1.165, 1.54) is 0 Å². The average molecular weight is 260 g/mol. The number of nitrogens with one attached hydrogen (secondary N) is 1. The molecule has 1 heterocycles. The average Bonchev–Trinajstić information content (AvgIpc) is 2.49. The lowest BCUT2D eigenvalue weighted by Crippen LogP contribution is -2.28. The van der Waals surface area contributed by atoms with Crippen molar-refractivity contribution in [3.8, 4) is 0 Å². The fourth-order valence-electron chi connectivity index (χ4n) is 1.30. The first-order valence-electron chi connectivity index (χ1n) is 5.05. The maximum absolute atomic E-state index is 5.37. The largest absolute Gasteiger partial charge is 0.468 e. The Morgan fingerprint density at radius 1 is 1.43 bits per heavy atom. The normalized spacial score (nSPS) is 13.5. The Balaban J connectivity index is 2.34. The molecule has 1 unspecified atom stereocenters. The van der Waals surface area contributed by atoms with Gasteiger partial charge in [0.1, 0.15) is 5.76 Å². The summed E-state index contributed by atoms with van der Waals surface area (Å²) in [5.74, 6) is 1.64. The molecule has 0 aliphatic carbocycles. The minimum absolute atomic E-state index is 0.553. The summed E-state index contributed by atoms with van der Waals surface area (Å²) >= 11 is 3.46. The molecule has 0 bridgehead atoms. The molecule has 2 nitrogen and oxygen atoms in total. The van der Waals surface area contributed by atoms with Gasteiger partial charge in [-0.1, -0.05) is 20.8 Å². The number of hydrogen-bond acceptors (Lipinski definition) is 2. The van der Waals surface area contributed by atoms with E-state index in [0.717, 1.165) is 23.2 Å². The maximum atomic E-state index is 5.37. The van der Waals surface area contributed by atoms with Crippen molar-refractivity contribution >= 4 is 15.9 Å². The van der Waals surface area contributed by atoms with Crippen molar-refractivity contribution < 1.29 is 4.42 Å². The first kappa shape index (κ1) is 11.8. The minimum atomic E-state index is 0.553. The van der Waals surface area contributed by atoms with Gasteiger partial charge < -0.3 is 9.73 Å². The summed E-state index contributed by atoms with van der Waals surface area (Å²) in [5, 5.41) is 3.42. The van der Waals surface area contributed by atoms with Crippen LogP contribution in [-0.4, -0.2) is 12.6 Å². The predicted molar refractivity (Wildman–Crippen MR) is 62.4 cm³/mol. The highest BCUT2D eigenvalue weighted by Gasteiger charge is 2.09. The van der Waals surface area contributed by atoms with Gasteiger partial charge in [-0.25, -0.2) is 0 Å². The maximum Gasteiger partial charge on any atom is 0.118 e. The van der Waals surface area contributed by atoms with Gasteiger partial charge in [-0.05, 0) is 34.5 Å². The van der Waals surface area contributed by atoms with Crippen LogP contribution in [0, 0.1) is 5.92 Å². The van der Waals surface area contributed by atoms with E-state index in [-0.39, 0.29) is 0 Å². The van der Waals surface area contributed by atoms with E-state index in [1.54, 1.807) is 6.26 Å². The van der Waals surface area contributed by atoms with Crippen molar-refractivity contribution in [1.29, 1.82) is 0 Å². The van der Waals surface area contributed by atoms with Crippen molar-refractivity contribution in [1.82, 2.24) is 5.32 Å². The van der Waals surface area contributed by atoms with Crippen LogP contribution in [0.5, 0.6) is 0 Å². The molecule has 0 aliphatic rings. The molecule has 0 aliphatic heterocycles. The van der Waals surface area contributed by atoms with Gasteiger partial charge in [0.15, 0.2) is 0 Å². The van der Waals surface area contributed by atoms with Gasteiger partial charge in [0.2, 0.25) is 0 Å². The van der Waals surface area contributed by atoms with Gasteiger partial charge in [0.05, 0.1) is 10.7 Å². The summed E-state index contributed by atoms with van der Waals surface area (Å²) in [7, 11) is 0. The third-order valence-electron chi connectivity index (χ3n) is 2.10. The summed E-state index contributed by atoms with van der Waals surface area (Å²) in [6.07, 6.45) is 2.70. The SMILES string of the molecule is CC(CNC(C)C)Cc1occc1Br. The van der Waals surface area contributed by atoms with Gasteiger partial charge in [0.25, 0.3) is 0 Å². The van der Waals surface area contributed by atoms with Crippen molar-refractivity contribution in [2.45, 2.75) is 33.2 Å². The van der Waals surface area contributed by atoms with Crippen LogP contribution in [0.4, 0.5) is 0 Å². The van der Waals surface area contributed by atoms with E-state index < -0.39 is 0 Å². The van der Waals surface area contributed by atoms with E-state index in [9.17, 15) is 0 Å². The van der Waals surface area contributed by atoms with Crippen LogP contribution in [0.2, 0.25) is 0 Å². The molecule has 0 aromatic carbocycles. The number of hydrogen-bond donors (Lipinski definition) is 1. The van der Waals surface area contributed by atoms with Gasteiger partial charge in [0, 0.05) is 12.5 Å². The quantitative estimate of drug-likeness (QED) is 0.879. The Morgan fingerprint density at radius 3 is 2.64 bits per heavy atom. The second-order valence-electron chi connectivity index (χ2n) is 4.06. The first-order valence-corrected chi connectivity index (χ1v) is 5.84. The Hall–Kier alpha value is -0.280. The highest BCUT2D eigenvalue weighted by atomic mass is 79.9. The van der Waals surface area contributed by atoms with Crippen LogP contribution in [-0.2, 0) is 6.42 Å². The molecule has 0 fully saturated rings. The standard InChI is InChI=1S/C11H18BrNO/c1-8(2)13-7-9(3)6-11-10(12)4-5-14-11/h4-5,8-9,13H,6-7H2,1-3H3.